The van der Waals surface area contributed by atoms with Crippen LogP contribution in [0.1, 0.15) is 30.8 Å². The van der Waals surface area contributed by atoms with Gasteiger partial charge in [0.05, 0.1) is 11.6 Å². The molecule has 1 heterocycles. The first kappa shape index (κ1) is 11.7. The second kappa shape index (κ2) is 4.63. The zero-order valence-electron chi connectivity index (χ0n) is 9.77. The smallest absolute Gasteiger partial charge is 0.250 e. The summed E-state index contributed by atoms with van der Waals surface area (Å²) in [5, 5.41) is 7.65. The number of aromatic nitrogens is 2. The molecular formula is C12H14FN3O. The van der Waals surface area contributed by atoms with Gasteiger partial charge in [0.25, 0.3) is 5.89 Å². The first-order valence-corrected chi connectivity index (χ1v) is 5.47. The van der Waals surface area contributed by atoms with Crippen LogP contribution in [-0.4, -0.2) is 10.2 Å². The normalized spacial score (nSPS) is 12.7. The van der Waals surface area contributed by atoms with Crippen molar-refractivity contribution in [3.05, 3.63) is 35.5 Å². The van der Waals surface area contributed by atoms with Crippen molar-refractivity contribution in [3.63, 3.8) is 0 Å². The average molecular weight is 235 g/mol. The predicted octanol–water partition coefficient (Wildman–Crippen LogP) is 2.59. The number of rotatable bonds is 3. The third-order valence-electron chi connectivity index (χ3n) is 2.55. The van der Waals surface area contributed by atoms with Crippen molar-refractivity contribution in [1.29, 1.82) is 0 Å². The fraction of sp³-hybridized carbons (Fsp3) is 0.333. The molecule has 2 rings (SSSR count). The summed E-state index contributed by atoms with van der Waals surface area (Å²) in [5.74, 6) is 0.129. The highest BCUT2D eigenvalue weighted by molar-refractivity contribution is 5.54. The molecular weight excluding hydrogens is 221 g/mol. The van der Waals surface area contributed by atoms with Crippen LogP contribution in [0, 0.1) is 12.7 Å². The van der Waals surface area contributed by atoms with Gasteiger partial charge in [0.15, 0.2) is 0 Å². The minimum atomic E-state index is -0.379. The molecule has 0 saturated carbocycles. The van der Waals surface area contributed by atoms with E-state index in [0.717, 1.165) is 5.56 Å². The summed E-state index contributed by atoms with van der Waals surface area (Å²) >= 11 is 0. The molecule has 1 aromatic heterocycles. The molecule has 2 aromatic rings. The lowest BCUT2D eigenvalue weighted by molar-refractivity contribution is 0.450. The Labute approximate surface area is 98.7 Å². The van der Waals surface area contributed by atoms with E-state index in [9.17, 15) is 4.39 Å². The van der Waals surface area contributed by atoms with E-state index in [-0.39, 0.29) is 17.7 Å². The second-order valence-corrected chi connectivity index (χ2v) is 3.94. The third kappa shape index (κ3) is 2.34. The molecule has 4 nitrogen and oxygen atoms in total. The van der Waals surface area contributed by atoms with Crippen LogP contribution in [0.4, 0.5) is 4.39 Å². The number of nitrogens with zero attached hydrogens (tertiary/aromatic N) is 2. The molecule has 90 valence electrons. The Balaban J connectivity index is 2.40. The first-order chi connectivity index (χ1) is 8.11. The largest absolute Gasteiger partial charge is 0.419 e. The van der Waals surface area contributed by atoms with Gasteiger partial charge in [-0.15, -0.1) is 10.2 Å². The van der Waals surface area contributed by atoms with Gasteiger partial charge in [-0.3, -0.25) is 0 Å². The van der Waals surface area contributed by atoms with Gasteiger partial charge in [-0.1, -0.05) is 18.6 Å². The van der Waals surface area contributed by atoms with Crippen LogP contribution in [0.15, 0.2) is 22.6 Å². The second-order valence-electron chi connectivity index (χ2n) is 3.94. The van der Waals surface area contributed by atoms with Crippen LogP contribution in [0.5, 0.6) is 0 Å². The molecule has 0 radical (unpaired) electrons. The molecule has 5 heteroatoms. The van der Waals surface area contributed by atoms with E-state index in [2.05, 4.69) is 10.2 Å². The maximum atomic E-state index is 13.6. The summed E-state index contributed by atoms with van der Waals surface area (Å²) in [6, 6.07) is 4.44. The van der Waals surface area contributed by atoms with E-state index in [0.29, 0.717) is 17.9 Å². The van der Waals surface area contributed by atoms with E-state index in [4.69, 9.17) is 10.2 Å². The zero-order chi connectivity index (χ0) is 12.4. The predicted molar refractivity (Wildman–Crippen MR) is 61.6 cm³/mol. The van der Waals surface area contributed by atoms with Crippen LogP contribution in [0.3, 0.4) is 0 Å². The summed E-state index contributed by atoms with van der Waals surface area (Å²) in [6.07, 6.45) is 0.692. The molecule has 17 heavy (non-hydrogen) atoms. The topological polar surface area (TPSA) is 64.9 Å². The lowest BCUT2D eigenvalue weighted by Gasteiger charge is -2.01. The standard InChI is InChI=1S/C12H14FN3O/c1-3-10(14)12-16-15-11(17-12)8-6-7(2)4-5-9(8)13/h4-6,10H,3,14H2,1-2H3. The molecule has 0 fully saturated rings. The molecule has 0 saturated heterocycles. The number of hydrogen-bond acceptors (Lipinski definition) is 4. The maximum Gasteiger partial charge on any atom is 0.250 e. The molecule has 0 amide bonds. The lowest BCUT2D eigenvalue weighted by atomic mass is 10.1. The van der Waals surface area contributed by atoms with Gasteiger partial charge in [-0.25, -0.2) is 4.39 Å². The summed E-state index contributed by atoms with van der Waals surface area (Å²) < 4.78 is 19.0. The quantitative estimate of drug-likeness (QED) is 0.888. The molecule has 0 aliphatic heterocycles. The Morgan fingerprint density at radius 2 is 2.18 bits per heavy atom. The Morgan fingerprint density at radius 3 is 2.88 bits per heavy atom. The molecule has 1 atom stereocenters. The van der Waals surface area contributed by atoms with E-state index in [1.165, 1.54) is 6.07 Å². The Kier molecular flexibility index (Phi) is 3.19. The van der Waals surface area contributed by atoms with E-state index >= 15 is 0 Å². The zero-order valence-corrected chi connectivity index (χ0v) is 9.77. The molecule has 0 spiro atoms. The number of aryl methyl sites for hydroxylation is 1. The van der Waals surface area contributed by atoms with Crippen molar-refractivity contribution in [3.8, 4) is 11.5 Å². The summed E-state index contributed by atoms with van der Waals surface area (Å²) in [5.41, 5.74) is 7.01. The molecule has 2 N–H and O–H groups in total. The summed E-state index contributed by atoms with van der Waals surface area (Å²) in [6.45, 7) is 3.79. The average Bonchev–Trinajstić information content (AvgIpc) is 2.80. The van der Waals surface area contributed by atoms with Crippen molar-refractivity contribution >= 4 is 0 Å². The highest BCUT2D eigenvalue weighted by Crippen LogP contribution is 2.24. The van der Waals surface area contributed by atoms with Crippen LogP contribution in [-0.2, 0) is 0 Å². The van der Waals surface area contributed by atoms with Crippen molar-refractivity contribution in [2.75, 3.05) is 0 Å². The highest BCUT2D eigenvalue weighted by atomic mass is 19.1. The Bertz CT molecular complexity index is 524. The van der Waals surface area contributed by atoms with Crippen LogP contribution in [0.25, 0.3) is 11.5 Å². The van der Waals surface area contributed by atoms with Crippen LogP contribution in [0.2, 0.25) is 0 Å². The number of halogens is 1. The van der Waals surface area contributed by atoms with Gasteiger partial charge >= 0.3 is 0 Å². The van der Waals surface area contributed by atoms with Crippen LogP contribution >= 0.6 is 0 Å². The molecule has 0 aliphatic rings. The fourth-order valence-corrected chi connectivity index (χ4v) is 1.47. The van der Waals surface area contributed by atoms with Gasteiger partial charge in [-0.2, -0.15) is 0 Å². The maximum absolute atomic E-state index is 13.6. The first-order valence-electron chi connectivity index (χ1n) is 5.47. The number of hydrogen-bond donors (Lipinski definition) is 1. The minimum absolute atomic E-state index is 0.171. The van der Waals surface area contributed by atoms with Crippen molar-refractivity contribution in [2.45, 2.75) is 26.3 Å². The Hall–Kier alpha value is -1.75. The van der Waals surface area contributed by atoms with Gasteiger partial charge in [0, 0.05) is 0 Å². The summed E-state index contributed by atoms with van der Waals surface area (Å²) in [4.78, 5) is 0. The number of benzene rings is 1. The van der Waals surface area contributed by atoms with Crippen LogP contribution < -0.4 is 5.73 Å². The molecule has 1 aromatic carbocycles. The SMILES string of the molecule is CCC(N)c1nnc(-c2cc(C)ccc2F)o1. The van der Waals surface area contributed by atoms with Gasteiger partial charge in [0.2, 0.25) is 5.89 Å². The fourth-order valence-electron chi connectivity index (χ4n) is 1.47. The van der Waals surface area contributed by atoms with Gasteiger partial charge in [-0.05, 0) is 25.5 Å². The molecule has 1 unspecified atom stereocenters. The van der Waals surface area contributed by atoms with E-state index in [1.807, 2.05) is 13.8 Å². The van der Waals surface area contributed by atoms with Gasteiger partial charge in [0.1, 0.15) is 5.82 Å². The minimum Gasteiger partial charge on any atom is -0.419 e. The van der Waals surface area contributed by atoms with Crippen molar-refractivity contribution in [1.82, 2.24) is 10.2 Å². The van der Waals surface area contributed by atoms with E-state index in [1.54, 1.807) is 12.1 Å². The Morgan fingerprint density at radius 1 is 1.41 bits per heavy atom. The summed E-state index contributed by atoms with van der Waals surface area (Å²) in [7, 11) is 0. The van der Waals surface area contributed by atoms with E-state index < -0.39 is 0 Å². The van der Waals surface area contributed by atoms with Gasteiger partial charge < -0.3 is 10.2 Å². The monoisotopic (exact) mass is 235 g/mol. The molecule has 0 aliphatic carbocycles. The number of nitrogens with two attached hydrogens (primary N) is 1. The van der Waals surface area contributed by atoms with Crippen molar-refractivity contribution < 1.29 is 8.81 Å². The highest BCUT2D eigenvalue weighted by Gasteiger charge is 2.16. The third-order valence-corrected chi connectivity index (χ3v) is 2.55. The van der Waals surface area contributed by atoms with Crippen molar-refractivity contribution in [2.24, 2.45) is 5.73 Å². The lowest BCUT2D eigenvalue weighted by Crippen LogP contribution is -2.08. The molecule has 0 bridgehead atoms.